The van der Waals surface area contributed by atoms with Crippen LogP contribution in [0.2, 0.25) is 5.02 Å². The average Bonchev–Trinajstić information content (AvgIpc) is 2.34. The van der Waals surface area contributed by atoms with E-state index in [1.165, 1.54) is 0 Å². The van der Waals surface area contributed by atoms with Gasteiger partial charge in [0.2, 0.25) is 0 Å². The fourth-order valence-electron chi connectivity index (χ4n) is 1.74. The molecule has 2 aromatic carbocycles. The van der Waals surface area contributed by atoms with Gasteiger partial charge in [-0.2, -0.15) is 0 Å². The molecule has 1 nitrogen and oxygen atoms in total. The summed E-state index contributed by atoms with van der Waals surface area (Å²) in [7, 11) is 0. The van der Waals surface area contributed by atoms with E-state index >= 15 is 0 Å². The smallest absolute Gasteiger partial charge is 0.160 e. The molecule has 0 aliphatic rings. The maximum atomic E-state index is 13.3. The van der Waals surface area contributed by atoms with Gasteiger partial charge in [-0.25, -0.2) is 8.78 Å². The third-order valence-electron chi connectivity index (χ3n) is 2.64. The van der Waals surface area contributed by atoms with Gasteiger partial charge in [-0.3, -0.25) is 4.79 Å². The molecule has 0 saturated heterocycles. The number of benzene rings is 2. The first-order valence-corrected chi connectivity index (χ1v) is 5.61. The minimum Gasteiger partial charge on any atom is -0.298 e. The van der Waals surface area contributed by atoms with Gasteiger partial charge in [0.25, 0.3) is 0 Å². The minimum absolute atomic E-state index is 0.0719. The first kappa shape index (κ1) is 12.7. The Hall–Kier alpha value is -1.74. The molecule has 0 heterocycles. The molecule has 0 aliphatic heterocycles. The van der Waals surface area contributed by atoms with Gasteiger partial charge in [0.15, 0.2) is 17.9 Å². The van der Waals surface area contributed by atoms with Gasteiger partial charge < -0.3 is 0 Å². The predicted molar refractivity (Wildman–Crippen MR) is 66.9 cm³/mol. The van der Waals surface area contributed by atoms with Crippen molar-refractivity contribution in [2.24, 2.45) is 0 Å². The van der Waals surface area contributed by atoms with Gasteiger partial charge in [-0.1, -0.05) is 35.4 Å². The first-order valence-electron chi connectivity index (χ1n) is 5.23. The molecule has 0 radical (unpaired) electrons. The molecule has 0 fully saturated rings. The summed E-state index contributed by atoms with van der Waals surface area (Å²) < 4.78 is 26.3. The van der Waals surface area contributed by atoms with Crippen LogP contribution in [0.1, 0.15) is 15.9 Å². The van der Waals surface area contributed by atoms with Gasteiger partial charge >= 0.3 is 0 Å². The lowest BCUT2D eigenvalue weighted by Gasteiger charge is -2.09. The van der Waals surface area contributed by atoms with Crippen LogP contribution in [0, 0.1) is 18.6 Å². The van der Waals surface area contributed by atoms with Crippen molar-refractivity contribution in [3.05, 3.63) is 58.1 Å². The summed E-state index contributed by atoms with van der Waals surface area (Å²) in [4.78, 5) is 11.0. The molecule has 4 heteroatoms. The second kappa shape index (κ2) is 4.86. The Bertz CT molecular complexity index is 623. The Labute approximate surface area is 108 Å². The molecule has 18 heavy (non-hydrogen) atoms. The van der Waals surface area contributed by atoms with E-state index in [2.05, 4.69) is 0 Å². The maximum Gasteiger partial charge on any atom is 0.160 e. The summed E-state index contributed by atoms with van der Waals surface area (Å²) in [5.41, 5.74) is 2.08. The van der Waals surface area contributed by atoms with Crippen molar-refractivity contribution in [3.8, 4) is 11.1 Å². The van der Waals surface area contributed by atoms with Crippen molar-refractivity contribution < 1.29 is 13.6 Å². The highest BCUT2D eigenvalue weighted by atomic mass is 35.5. The summed E-state index contributed by atoms with van der Waals surface area (Å²) in [6.45, 7) is 1.84. The lowest BCUT2D eigenvalue weighted by Crippen LogP contribution is -1.92. The zero-order chi connectivity index (χ0) is 13.3. The van der Waals surface area contributed by atoms with Crippen molar-refractivity contribution in [2.75, 3.05) is 0 Å². The summed E-state index contributed by atoms with van der Waals surface area (Å²) >= 11 is 5.89. The maximum absolute atomic E-state index is 13.3. The fourth-order valence-corrected chi connectivity index (χ4v) is 1.99. The summed E-state index contributed by atoms with van der Waals surface area (Å²) in [6, 6.07) is 7.00. The van der Waals surface area contributed by atoms with Gasteiger partial charge in [0, 0.05) is 11.1 Å². The van der Waals surface area contributed by atoms with Crippen LogP contribution in [-0.2, 0) is 0 Å². The van der Waals surface area contributed by atoms with E-state index < -0.39 is 11.6 Å². The lowest BCUT2D eigenvalue weighted by molar-refractivity contribution is 0.112. The number of hydrogen-bond donors (Lipinski definition) is 0. The highest BCUT2D eigenvalue weighted by Gasteiger charge is 2.13. The molecule has 0 aromatic heterocycles. The molecule has 2 aromatic rings. The molecule has 0 N–H and O–H groups in total. The molecule has 0 atom stereocenters. The first-order chi connectivity index (χ1) is 8.52. The molecular weight excluding hydrogens is 258 g/mol. The number of aldehydes is 1. The Kier molecular flexibility index (Phi) is 3.43. The van der Waals surface area contributed by atoms with Crippen LogP contribution in [-0.4, -0.2) is 6.29 Å². The Morgan fingerprint density at radius 2 is 1.72 bits per heavy atom. The van der Waals surface area contributed by atoms with Crippen LogP contribution in [0.4, 0.5) is 8.78 Å². The van der Waals surface area contributed by atoms with E-state index in [4.69, 9.17) is 11.6 Å². The van der Waals surface area contributed by atoms with Crippen LogP contribution < -0.4 is 0 Å². The van der Waals surface area contributed by atoms with Crippen molar-refractivity contribution >= 4 is 17.9 Å². The molecule has 2 rings (SSSR count). The van der Waals surface area contributed by atoms with E-state index in [0.29, 0.717) is 23.0 Å². The van der Waals surface area contributed by atoms with Crippen LogP contribution >= 0.6 is 11.6 Å². The van der Waals surface area contributed by atoms with E-state index in [-0.39, 0.29) is 5.02 Å². The normalized spacial score (nSPS) is 10.4. The zero-order valence-electron chi connectivity index (χ0n) is 9.51. The molecule has 0 unspecified atom stereocenters. The largest absolute Gasteiger partial charge is 0.298 e. The highest BCUT2D eigenvalue weighted by molar-refractivity contribution is 6.33. The van der Waals surface area contributed by atoms with Gasteiger partial charge in [-0.05, 0) is 24.6 Å². The quantitative estimate of drug-likeness (QED) is 0.581. The van der Waals surface area contributed by atoms with E-state index in [1.54, 1.807) is 18.2 Å². The number of carbonyl (C=O) groups is 1. The molecule has 0 aliphatic carbocycles. The summed E-state index contributed by atoms with van der Waals surface area (Å²) in [5, 5.41) is 0.0719. The molecule has 0 saturated carbocycles. The van der Waals surface area contributed by atoms with Crippen LogP contribution in [0.5, 0.6) is 0 Å². The highest BCUT2D eigenvalue weighted by Crippen LogP contribution is 2.32. The van der Waals surface area contributed by atoms with Gasteiger partial charge in [0.05, 0.1) is 5.02 Å². The van der Waals surface area contributed by atoms with Crippen molar-refractivity contribution in [2.45, 2.75) is 6.92 Å². The number of carbonyl (C=O) groups excluding carboxylic acids is 1. The SMILES string of the molecule is Cc1ccc(C=O)c(-c2cc(F)c(F)cc2Cl)c1. The van der Waals surface area contributed by atoms with E-state index in [0.717, 1.165) is 17.7 Å². The zero-order valence-corrected chi connectivity index (χ0v) is 10.3. The number of rotatable bonds is 2. The fraction of sp³-hybridized carbons (Fsp3) is 0.0714. The number of halogens is 3. The second-order valence-corrected chi connectivity index (χ2v) is 4.36. The monoisotopic (exact) mass is 266 g/mol. The molecule has 92 valence electrons. The Morgan fingerprint density at radius 3 is 2.39 bits per heavy atom. The van der Waals surface area contributed by atoms with Crippen LogP contribution in [0.25, 0.3) is 11.1 Å². The minimum atomic E-state index is -1.01. The Balaban J connectivity index is 2.72. The summed E-state index contributed by atoms with van der Waals surface area (Å²) in [6.07, 6.45) is 0.659. The van der Waals surface area contributed by atoms with Crippen LogP contribution in [0.15, 0.2) is 30.3 Å². The molecule has 0 bridgehead atoms. The topological polar surface area (TPSA) is 17.1 Å². The van der Waals surface area contributed by atoms with Crippen molar-refractivity contribution in [1.29, 1.82) is 0 Å². The molecule has 0 amide bonds. The molecule has 0 spiro atoms. The van der Waals surface area contributed by atoms with Crippen molar-refractivity contribution in [1.82, 2.24) is 0 Å². The predicted octanol–water partition coefficient (Wildman–Crippen LogP) is 4.41. The van der Waals surface area contributed by atoms with E-state index in [1.807, 2.05) is 6.92 Å². The van der Waals surface area contributed by atoms with Gasteiger partial charge in [0.1, 0.15) is 0 Å². The Morgan fingerprint density at radius 1 is 1.06 bits per heavy atom. The second-order valence-electron chi connectivity index (χ2n) is 3.95. The number of hydrogen-bond acceptors (Lipinski definition) is 1. The third-order valence-corrected chi connectivity index (χ3v) is 2.95. The third kappa shape index (κ3) is 2.27. The standard InChI is InChI=1S/C14H9ClF2O/c1-8-2-3-9(7-18)10(4-8)11-5-13(16)14(17)6-12(11)15/h2-7H,1H3. The average molecular weight is 267 g/mol. The lowest BCUT2D eigenvalue weighted by atomic mass is 9.98. The van der Waals surface area contributed by atoms with Gasteiger partial charge in [-0.15, -0.1) is 0 Å². The summed E-state index contributed by atoms with van der Waals surface area (Å²) in [5.74, 6) is -2.00. The molecular formula is C14H9ClF2O. The van der Waals surface area contributed by atoms with E-state index in [9.17, 15) is 13.6 Å². The van der Waals surface area contributed by atoms with Crippen molar-refractivity contribution in [3.63, 3.8) is 0 Å². The van der Waals surface area contributed by atoms with Crippen LogP contribution in [0.3, 0.4) is 0 Å². The number of aryl methyl sites for hydroxylation is 1.